The van der Waals surface area contributed by atoms with Crippen LogP contribution in [0.3, 0.4) is 0 Å². The van der Waals surface area contributed by atoms with E-state index < -0.39 is 0 Å². The molecule has 1 fully saturated rings. The Labute approximate surface area is 161 Å². The van der Waals surface area contributed by atoms with Crippen molar-refractivity contribution in [1.82, 2.24) is 29.9 Å². The molecule has 10 nitrogen and oxygen atoms in total. The molecule has 0 radical (unpaired) electrons. The maximum absolute atomic E-state index is 13.1. The summed E-state index contributed by atoms with van der Waals surface area (Å²) < 4.78 is 12.4. The Hall–Kier alpha value is -3.43. The molecule has 1 aliphatic rings. The van der Waals surface area contributed by atoms with Crippen molar-refractivity contribution in [2.45, 2.75) is 0 Å². The van der Waals surface area contributed by atoms with Gasteiger partial charge in [0.25, 0.3) is 5.91 Å². The van der Waals surface area contributed by atoms with Gasteiger partial charge >= 0.3 is 0 Å². The van der Waals surface area contributed by atoms with Gasteiger partial charge in [0.15, 0.2) is 17.0 Å². The Balaban J connectivity index is 1.54. The molecular weight excluding hydrogens is 362 g/mol. The van der Waals surface area contributed by atoms with Crippen LogP contribution in [0.1, 0.15) is 10.4 Å². The number of carbonyl (C=O) groups excluding carboxylic acids is 1. The maximum Gasteiger partial charge on any atom is 0.261 e. The average Bonchev–Trinajstić information content (AvgIpc) is 3.13. The van der Waals surface area contributed by atoms with Gasteiger partial charge in [-0.05, 0) is 12.1 Å². The van der Waals surface area contributed by atoms with Gasteiger partial charge in [-0.25, -0.2) is 14.6 Å². The molecule has 2 aromatic heterocycles. The fourth-order valence-electron chi connectivity index (χ4n) is 3.41. The van der Waals surface area contributed by atoms with E-state index in [0.29, 0.717) is 54.4 Å². The van der Waals surface area contributed by atoms with Crippen LogP contribution in [0.4, 0.5) is 5.82 Å². The van der Waals surface area contributed by atoms with Gasteiger partial charge in [0.2, 0.25) is 0 Å². The lowest BCUT2D eigenvalue weighted by atomic mass is 10.1. The van der Waals surface area contributed by atoms with Gasteiger partial charge in [-0.2, -0.15) is 0 Å². The second kappa shape index (κ2) is 7.29. The Morgan fingerprint density at radius 3 is 2.36 bits per heavy atom. The first-order valence-corrected chi connectivity index (χ1v) is 8.89. The number of piperazine rings is 1. The van der Waals surface area contributed by atoms with Gasteiger partial charge in [-0.3, -0.25) is 4.79 Å². The largest absolute Gasteiger partial charge is 0.496 e. The summed E-state index contributed by atoms with van der Waals surface area (Å²) in [4.78, 5) is 25.6. The van der Waals surface area contributed by atoms with Crippen molar-refractivity contribution in [3.63, 3.8) is 0 Å². The summed E-state index contributed by atoms with van der Waals surface area (Å²) in [6.07, 6.45) is 1.51. The van der Waals surface area contributed by atoms with Crippen LogP contribution < -0.4 is 14.4 Å². The van der Waals surface area contributed by atoms with E-state index in [4.69, 9.17) is 9.47 Å². The number of aromatic nitrogens is 5. The molecule has 0 atom stereocenters. The highest BCUT2D eigenvalue weighted by Crippen LogP contribution is 2.30. The van der Waals surface area contributed by atoms with E-state index in [1.54, 1.807) is 49.0 Å². The SMILES string of the molecule is COc1cccc(OC)c1C(=O)N1CCN(c2ncnc3c2nnn3C)CC1. The fraction of sp³-hybridized carbons (Fsp3) is 0.389. The standard InChI is InChI=1S/C18H21N7O3/c1-23-16-15(21-22-23)17(20-11-19-16)24-7-9-25(10-8-24)18(26)14-12(27-2)5-4-6-13(14)28-3/h4-6,11H,7-10H2,1-3H3. The van der Waals surface area contributed by atoms with Crippen molar-refractivity contribution in [1.29, 1.82) is 0 Å². The number of hydrogen-bond acceptors (Lipinski definition) is 8. The van der Waals surface area contributed by atoms with Gasteiger partial charge in [0, 0.05) is 33.2 Å². The first-order chi connectivity index (χ1) is 13.6. The molecule has 0 spiro atoms. The first kappa shape index (κ1) is 18.0. The lowest BCUT2D eigenvalue weighted by Crippen LogP contribution is -2.49. The van der Waals surface area contributed by atoms with E-state index in [0.717, 1.165) is 5.82 Å². The van der Waals surface area contributed by atoms with E-state index in [9.17, 15) is 4.79 Å². The summed E-state index contributed by atoms with van der Waals surface area (Å²) in [6.45, 7) is 2.36. The molecule has 0 aliphatic carbocycles. The zero-order chi connectivity index (χ0) is 19.7. The number of rotatable bonds is 4. The summed E-state index contributed by atoms with van der Waals surface area (Å²) in [6, 6.07) is 5.32. The number of hydrogen-bond donors (Lipinski definition) is 0. The van der Waals surface area contributed by atoms with Crippen molar-refractivity contribution in [3.05, 3.63) is 30.1 Å². The maximum atomic E-state index is 13.1. The molecule has 3 heterocycles. The van der Waals surface area contributed by atoms with E-state index in [1.807, 2.05) is 0 Å². The molecule has 28 heavy (non-hydrogen) atoms. The monoisotopic (exact) mass is 383 g/mol. The minimum absolute atomic E-state index is 0.110. The molecule has 0 bridgehead atoms. The molecule has 1 aromatic carbocycles. The molecule has 146 valence electrons. The Morgan fingerprint density at radius 1 is 1.04 bits per heavy atom. The van der Waals surface area contributed by atoms with Crippen LogP contribution in [-0.2, 0) is 7.05 Å². The molecule has 0 N–H and O–H groups in total. The molecule has 1 saturated heterocycles. The van der Waals surface area contributed by atoms with E-state index >= 15 is 0 Å². The smallest absolute Gasteiger partial charge is 0.261 e. The number of carbonyl (C=O) groups is 1. The first-order valence-electron chi connectivity index (χ1n) is 8.89. The van der Waals surface area contributed by atoms with Crippen LogP contribution in [0.5, 0.6) is 11.5 Å². The van der Waals surface area contributed by atoms with Gasteiger partial charge in [-0.1, -0.05) is 11.3 Å². The van der Waals surface area contributed by atoms with Gasteiger partial charge in [0.05, 0.1) is 14.2 Å². The number of amides is 1. The van der Waals surface area contributed by atoms with Crippen LogP contribution in [0.15, 0.2) is 24.5 Å². The summed E-state index contributed by atoms with van der Waals surface area (Å²) in [5.41, 5.74) is 1.79. The predicted octanol–water partition coefficient (Wildman–Crippen LogP) is 0.738. The fourth-order valence-corrected chi connectivity index (χ4v) is 3.41. The van der Waals surface area contributed by atoms with Crippen molar-refractivity contribution in [2.75, 3.05) is 45.3 Å². The molecule has 0 saturated carbocycles. The van der Waals surface area contributed by atoms with Gasteiger partial charge < -0.3 is 19.3 Å². The van der Waals surface area contributed by atoms with E-state index in [-0.39, 0.29) is 5.91 Å². The summed E-state index contributed by atoms with van der Waals surface area (Å²) in [5.74, 6) is 1.63. The third kappa shape index (κ3) is 2.96. The van der Waals surface area contributed by atoms with Crippen LogP contribution in [0.25, 0.3) is 11.2 Å². The van der Waals surface area contributed by atoms with E-state index in [1.165, 1.54) is 6.33 Å². The molecule has 3 aromatic rings. The van der Waals surface area contributed by atoms with Crippen molar-refractivity contribution in [3.8, 4) is 11.5 Å². The molecule has 1 aliphatic heterocycles. The van der Waals surface area contributed by atoms with Crippen LogP contribution in [0, 0.1) is 0 Å². The average molecular weight is 383 g/mol. The number of nitrogens with zero attached hydrogens (tertiary/aromatic N) is 7. The van der Waals surface area contributed by atoms with Crippen LogP contribution in [-0.4, -0.2) is 76.2 Å². The molecular formula is C18H21N7O3. The van der Waals surface area contributed by atoms with Gasteiger partial charge in [-0.15, -0.1) is 5.10 Å². The Kier molecular flexibility index (Phi) is 4.68. The normalized spacial score (nSPS) is 14.4. The molecule has 10 heteroatoms. The third-order valence-electron chi connectivity index (χ3n) is 4.88. The molecule has 1 amide bonds. The molecule has 4 rings (SSSR count). The quantitative estimate of drug-likeness (QED) is 0.651. The number of aryl methyl sites for hydroxylation is 1. The third-order valence-corrected chi connectivity index (χ3v) is 4.88. The number of anilines is 1. The highest BCUT2D eigenvalue weighted by Gasteiger charge is 2.28. The second-order valence-corrected chi connectivity index (χ2v) is 6.40. The minimum atomic E-state index is -0.110. The minimum Gasteiger partial charge on any atom is -0.496 e. The number of ether oxygens (including phenoxy) is 2. The lowest BCUT2D eigenvalue weighted by Gasteiger charge is -2.35. The number of methoxy groups -OCH3 is 2. The van der Waals surface area contributed by atoms with Crippen LogP contribution >= 0.6 is 0 Å². The van der Waals surface area contributed by atoms with Crippen molar-refractivity contribution >= 4 is 22.9 Å². The van der Waals surface area contributed by atoms with Crippen molar-refractivity contribution < 1.29 is 14.3 Å². The molecule has 0 unspecified atom stereocenters. The summed E-state index contributed by atoms with van der Waals surface area (Å²) >= 11 is 0. The van der Waals surface area contributed by atoms with E-state index in [2.05, 4.69) is 25.2 Å². The predicted molar refractivity (Wildman–Crippen MR) is 102 cm³/mol. The highest BCUT2D eigenvalue weighted by atomic mass is 16.5. The van der Waals surface area contributed by atoms with Crippen LogP contribution in [0.2, 0.25) is 0 Å². The van der Waals surface area contributed by atoms with Gasteiger partial charge in [0.1, 0.15) is 23.4 Å². The summed E-state index contributed by atoms with van der Waals surface area (Å²) in [5, 5.41) is 8.19. The summed E-state index contributed by atoms with van der Waals surface area (Å²) in [7, 11) is 4.89. The zero-order valence-electron chi connectivity index (χ0n) is 16.0. The van der Waals surface area contributed by atoms with Crippen molar-refractivity contribution in [2.24, 2.45) is 7.05 Å². The number of fused-ring (bicyclic) bond motifs is 1. The lowest BCUT2D eigenvalue weighted by molar-refractivity contribution is 0.0739. The number of benzene rings is 1. The topological polar surface area (TPSA) is 98.5 Å². The zero-order valence-corrected chi connectivity index (χ0v) is 16.0. The Morgan fingerprint density at radius 2 is 1.71 bits per heavy atom. The highest BCUT2D eigenvalue weighted by molar-refractivity contribution is 6.00. The second-order valence-electron chi connectivity index (χ2n) is 6.40. The Bertz CT molecular complexity index is 989.